The molecule has 0 radical (unpaired) electrons. The lowest BCUT2D eigenvalue weighted by Crippen LogP contribution is -2.36. The molecule has 0 bridgehead atoms. The van der Waals surface area contributed by atoms with E-state index in [1.807, 2.05) is 0 Å². The minimum absolute atomic E-state index is 0.533. The molecule has 0 aliphatic carbocycles. The molecule has 1 aromatic rings. The molecule has 3 rings (SSSR count). The highest BCUT2D eigenvalue weighted by molar-refractivity contribution is 7.80. The Morgan fingerprint density at radius 1 is 0.917 bits per heavy atom. The van der Waals surface area contributed by atoms with Crippen LogP contribution in [-0.2, 0) is 6.42 Å². The van der Waals surface area contributed by atoms with Crippen molar-refractivity contribution in [1.82, 2.24) is 15.1 Å². The van der Waals surface area contributed by atoms with Crippen LogP contribution in [0.5, 0.6) is 0 Å². The molecule has 2 atom stereocenters. The molecule has 202 valence electrons. The van der Waals surface area contributed by atoms with Gasteiger partial charge in [0.2, 0.25) is 0 Å². The first kappa shape index (κ1) is 28.9. The van der Waals surface area contributed by atoms with E-state index in [1.54, 1.807) is 0 Å². The van der Waals surface area contributed by atoms with Gasteiger partial charge in [-0.15, -0.1) is 0 Å². The summed E-state index contributed by atoms with van der Waals surface area (Å²) in [5.41, 5.74) is 1.44. The third-order valence-electron chi connectivity index (χ3n) is 7.64. The molecule has 2 aliphatic rings. The average molecular weight is 513 g/mol. The van der Waals surface area contributed by atoms with E-state index < -0.39 is 0 Å². The van der Waals surface area contributed by atoms with E-state index >= 15 is 0 Å². The van der Waals surface area contributed by atoms with Crippen LogP contribution in [0.3, 0.4) is 0 Å². The number of nitrogens with zero attached hydrogens (tertiary/aromatic N) is 3. The Balaban J connectivity index is 1.29. The number of benzene rings is 1. The van der Waals surface area contributed by atoms with Crippen LogP contribution in [-0.4, -0.2) is 59.0 Å². The fourth-order valence-electron chi connectivity index (χ4n) is 5.64. The van der Waals surface area contributed by atoms with E-state index in [4.69, 9.17) is 17.2 Å². The van der Waals surface area contributed by atoms with Gasteiger partial charge in [-0.1, -0.05) is 70.9 Å². The van der Waals surface area contributed by atoms with Crippen molar-refractivity contribution >= 4 is 23.2 Å². The summed E-state index contributed by atoms with van der Waals surface area (Å²) in [6.07, 6.45) is 13.6. The third kappa shape index (κ3) is 10.0. The van der Waals surface area contributed by atoms with Crippen LogP contribution in [0.4, 0.5) is 0 Å². The molecule has 4 nitrogen and oxygen atoms in total. The van der Waals surface area contributed by atoms with Gasteiger partial charge >= 0.3 is 0 Å². The van der Waals surface area contributed by atoms with Gasteiger partial charge in [-0.25, -0.2) is 0 Å². The molecule has 0 aromatic heterocycles. The number of nitrogens with one attached hydrogen (secondary N) is 1. The lowest BCUT2D eigenvalue weighted by Gasteiger charge is -2.26. The van der Waals surface area contributed by atoms with Crippen LogP contribution in [0.1, 0.15) is 97.5 Å². The van der Waals surface area contributed by atoms with Crippen molar-refractivity contribution in [1.29, 1.82) is 0 Å². The lowest BCUT2D eigenvalue weighted by atomic mass is 10.0. The number of hydrogen-bond donors (Lipinski definition) is 1. The summed E-state index contributed by atoms with van der Waals surface area (Å²) in [6.45, 7) is 13.7. The molecule has 0 spiro atoms. The van der Waals surface area contributed by atoms with Gasteiger partial charge in [-0.3, -0.25) is 4.99 Å². The maximum atomic E-state index is 5.97. The van der Waals surface area contributed by atoms with Crippen molar-refractivity contribution in [3.8, 4) is 0 Å². The lowest BCUT2D eigenvalue weighted by molar-refractivity contribution is 0.290. The fourth-order valence-corrected chi connectivity index (χ4v) is 6.04. The minimum atomic E-state index is 0.533. The van der Waals surface area contributed by atoms with Gasteiger partial charge in [0.15, 0.2) is 5.11 Å². The monoisotopic (exact) mass is 512 g/mol. The summed E-state index contributed by atoms with van der Waals surface area (Å²) >= 11 is 5.97. The number of hydrogen-bond acceptors (Lipinski definition) is 3. The first-order chi connectivity index (χ1) is 17.4. The van der Waals surface area contributed by atoms with E-state index in [0.717, 1.165) is 49.5 Å². The van der Waals surface area contributed by atoms with Gasteiger partial charge in [0, 0.05) is 38.1 Å². The van der Waals surface area contributed by atoms with E-state index in [0.29, 0.717) is 12.1 Å². The Kier molecular flexibility index (Phi) is 12.5. The molecule has 0 saturated carbocycles. The van der Waals surface area contributed by atoms with Gasteiger partial charge < -0.3 is 15.1 Å². The quantitative estimate of drug-likeness (QED) is 0.178. The second-order valence-electron chi connectivity index (χ2n) is 11.9. The first-order valence-electron chi connectivity index (χ1n) is 14.8. The highest BCUT2D eigenvalue weighted by Gasteiger charge is 2.33. The fraction of sp³-hybridized carbons (Fsp3) is 0.742. The molecule has 1 fully saturated rings. The van der Waals surface area contributed by atoms with Gasteiger partial charge in [0.25, 0.3) is 0 Å². The number of rotatable bonds is 17. The second-order valence-corrected chi connectivity index (χ2v) is 12.3. The van der Waals surface area contributed by atoms with Crippen LogP contribution in [0.25, 0.3) is 0 Å². The minimum Gasteiger partial charge on any atom is -0.369 e. The highest BCUT2D eigenvalue weighted by Crippen LogP contribution is 2.24. The zero-order chi connectivity index (χ0) is 25.8. The van der Waals surface area contributed by atoms with Gasteiger partial charge in [-0.05, 0) is 81.0 Å². The van der Waals surface area contributed by atoms with E-state index in [1.165, 1.54) is 75.6 Å². The maximum absolute atomic E-state index is 5.97. The number of aryl methyl sites for hydroxylation is 1. The molecule has 2 heterocycles. The van der Waals surface area contributed by atoms with Crippen molar-refractivity contribution in [2.45, 2.75) is 110 Å². The molecule has 36 heavy (non-hydrogen) atoms. The molecule has 1 saturated heterocycles. The van der Waals surface area contributed by atoms with Crippen molar-refractivity contribution in [3.05, 3.63) is 35.9 Å². The molecule has 5 heteroatoms. The number of thiocarbonyl (C=S) groups is 1. The highest BCUT2D eigenvalue weighted by atomic mass is 32.1. The van der Waals surface area contributed by atoms with Crippen LogP contribution < -0.4 is 5.32 Å². The Bertz CT molecular complexity index is 791. The SMILES string of the molecule is CC(C)CCCCN1C(=S)N(CCCC[C@H]2CN=C(CCCCc3ccccc3)N2)C[C@H]1CC(C)C. The third-order valence-corrected chi connectivity index (χ3v) is 8.13. The van der Waals surface area contributed by atoms with Crippen LogP contribution in [0.2, 0.25) is 0 Å². The standard InChI is InChI=1S/C31H52N4S/c1-25(2)14-10-13-21-35-29(22-26(3)4)24-34(31(35)36)20-12-11-18-28-23-32-30(33-28)19-9-8-17-27-15-6-5-7-16-27/h5-7,15-16,25-26,28-29H,8-14,17-24H2,1-4H3,(H,32,33)/t28-,29+/m0/s1. The van der Waals surface area contributed by atoms with E-state index in [-0.39, 0.29) is 0 Å². The maximum Gasteiger partial charge on any atom is 0.171 e. The zero-order valence-corrected chi connectivity index (χ0v) is 24.4. The summed E-state index contributed by atoms with van der Waals surface area (Å²) in [5, 5.41) is 4.82. The van der Waals surface area contributed by atoms with Crippen LogP contribution in [0, 0.1) is 11.8 Å². The van der Waals surface area contributed by atoms with Crippen molar-refractivity contribution in [3.63, 3.8) is 0 Å². The predicted octanol–water partition coefficient (Wildman–Crippen LogP) is 7.08. The summed E-state index contributed by atoms with van der Waals surface area (Å²) in [7, 11) is 0. The number of aliphatic imine (C=N–C) groups is 1. The second kappa shape index (κ2) is 15.6. The summed E-state index contributed by atoms with van der Waals surface area (Å²) in [5.74, 6) is 2.75. The molecule has 2 aliphatic heterocycles. The molecule has 0 amide bonds. The molecular formula is C31H52N4S. The van der Waals surface area contributed by atoms with E-state index in [2.05, 4.69) is 73.1 Å². The molecule has 0 unspecified atom stereocenters. The zero-order valence-electron chi connectivity index (χ0n) is 23.6. The Labute approximate surface area is 227 Å². The normalized spacial score (nSPS) is 20.1. The van der Waals surface area contributed by atoms with Crippen LogP contribution >= 0.6 is 12.2 Å². The van der Waals surface area contributed by atoms with Gasteiger partial charge in [0.1, 0.15) is 0 Å². The Morgan fingerprint density at radius 2 is 1.67 bits per heavy atom. The average Bonchev–Trinajstić information content (AvgIpc) is 3.41. The largest absolute Gasteiger partial charge is 0.369 e. The van der Waals surface area contributed by atoms with Crippen molar-refractivity contribution in [2.75, 3.05) is 26.2 Å². The summed E-state index contributed by atoms with van der Waals surface area (Å²) in [4.78, 5) is 9.85. The number of unbranched alkanes of at least 4 members (excludes halogenated alkanes) is 3. The van der Waals surface area contributed by atoms with Crippen molar-refractivity contribution in [2.24, 2.45) is 16.8 Å². The van der Waals surface area contributed by atoms with Gasteiger partial charge in [0.05, 0.1) is 12.4 Å². The molecule has 1 aromatic carbocycles. The van der Waals surface area contributed by atoms with Crippen molar-refractivity contribution < 1.29 is 0 Å². The number of amidine groups is 1. The summed E-state index contributed by atoms with van der Waals surface area (Å²) < 4.78 is 0. The van der Waals surface area contributed by atoms with Gasteiger partial charge in [-0.2, -0.15) is 0 Å². The Hall–Kier alpha value is -1.62. The van der Waals surface area contributed by atoms with Crippen LogP contribution in [0.15, 0.2) is 35.3 Å². The summed E-state index contributed by atoms with van der Waals surface area (Å²) in [6, 6.07) is 12.0. The smallest absolute Gasteiger partial charge is 0.171 e. The first-order valence-corrected chi connectivity index (χ1v) is 15.2. The van der Waals surface area contributed by atoms with E-state index in [9.17, 15) is 0 Å². The topological polar surface area (TPSA) is 30.9 Å². The predicted molar refractivity (Wildman–Crippen MR) is 160 cm³/mol. The Morgan fingerprint density at radius 3 is 2.42 bits per heavy atom. The molecular weight excluding hydrogens is 460 g/mol. The molecule has 1 N–H and O–H groups in total.